The highest BCUT2D eigenvalue weighted by atomic mass is 16.8. The Morgan fingerprint density at radius 3 is 1.67 bits per heavy atom. The second kappa shape index (κ2) is 25.4. The molecule has 88 heavy (non-hydrogen) atoms. The topological polar surface area (TPSA) is 470 Å². The Labute approximate surface area is 508 Å². The van der Waals surface area contributed by atoms with Gasteiger partial charge in [0.25, 0.3) is 0 Å². The summed E-state index contributed by atoms with van der Waals surface area (Å²) in [5, 5.41) is 183. The first-order valence-corrected chi connectivity index (χ1v) is 30.9. The van der Waals surface area contributed by atoms with Gasteiger partial charge in [0.2, 0.25) is 6.29 Å². The summed E-state index contributed by atoms with van der Waals surface area (Å²) in [5.74, 6) is -2.72. The Bertz CT molecular complexity index is 2490. The monoisotopic (exact) mass is 1270 g/mol. The molecule has 29 nitrogen and oxygen atoms in total. The molecule has 5 saturated heterocycles. The van der Waals surface area contributed by atoms with Gasteiger partial charge in [-0.3, -0.25) is 9.59 Å². The predicted molar refractivity (Wildman–Crippen MR) is 291 cm³/mol. The number of hydrogen-bond donors (Lipinski definition) is 17. The summed E-state index contributed by atoms with van der Waals surface area (Å²) in [6.45, 7) is 8.83. The maximum atomic E-state index is 15.7. The fourth-order valence-corrected chi connectivity index (χ4v) is 17.5. The van der Waals surface area contributed by atoms with E-state index in [1.165, 1.54) is 0 Å². The minimum Gasteiger partial charge on any atom is -0.481 e. The molecule has 4 saturated carbocycles. The highest BCUT2D eigenvalue weighted by Crippen LogP contribution is 2.76. The van der Waals surface area contributed by atoms with Crippen molar-refractivity contribution < 1.29 is 144 Å². The molecule has 0 bridgehead atoms. The van der Waals surface area contributed by atoms with E-state index in [2.05, 4.69) is 40.7 Å². The van der Waals surface area contributed by atoms with Crippen LogP contribution in [0.1, 0.15) is 106 Å². The van der Waals surface area contributed by atoms with Crippen LogP contribution in [0.3, 0.4) is 0 Å². The fourth-order valence-electron chi connectivity index (χ4n) is 17.5. The second-order valence-electron chi connectivity index (χ2n) is 28.4. The van der Waals surface area contributed by atoms with Gasteiger partial charge < -0.3 is 134 Å². The number of hydrogen-bond acceptors (Lipinski definition) is 28. The summed E-state index contributed by atoms with van der Waals surface area (Å²) in [4.78, 5) is 29.4. The summed E-state index contributed by atoms with van der Waals surface area (Å²) >= 11 is 0. The Morgan fingerprint density at radius 1 is 0.534 bits per heavy atom. The van der Waals surface area contributed by atoms with E-state index in [0.717, 1.165) is 5.57 Å². The van der Waals surface area contributed by atoms with Crippen LogP contribution >= 0.6 is 0 Å². The van der Waals surface area contributed by atoms with Gasteiger partial charge in [-0.1, -0.05) is 46.3 Å². The van der Waals surface area contributed by atoms with Crippen molar-refractivity contribution in [2.45, 2.75) is 259 Å². The van der Waals surface area contributed by atoms with Crippen molar-refractivity contribution in [2.75, 3.05) is 33.0 Å². The van der Waals surface area contributed by atoms with E-state index in [4.69, 9.17) is 47.4 Å². The molecule has 5 aliphatic heterocycles. The van der Waals surface area contributed by atoms with Crippen molar-refractivity contribution in [1.82, 2.24) is 0 Å². The quantitative estimate of drug-likeness (QED) is 0.0417. The number of ether oxygens (including phenoxy) is 10. The molecule has 10 rings (SSSR count). The zero-order chi connectivity index (χ0) is 64.3. The van der Waals surface area contributed by atoms with Crippen LogP contribution in [0.2, 0.25) is 0 Å². The molecule has 0 radical (unpaired) electrons. The summed E-state index contributed by atoms with van der Waals surface area (Å²) in [7, 11) is 0. The predicted octanol–water partition coefficient (Wildman–Crippen LogP) is -4.51. The highest BCUT2D eigenvalue weighted by Gasteiger charge is 2.72. The molecular weight excluding hydrogens is 1170 g/mol. The van der Waals surface area contributed by atoms with Crippen molar-refractivity contribution in [2.24, 2.45) is 50.2 Å². The van der Waals surface area contributed by atoms with Crippen LogP contribution in [0.25, 0.3) is 0 Å². The standard InChI is InChI=1S/C59H94O29/c1-54(2)13-15-59(16-14-56(4)23(24(59)17-54)7-8-30-55(3)11-10-32(85-47-41(72)33(64)25(63)21-79-47)58(6,52(76)77)31(55)9-12-57(30,56)5)53(78)88-50-44(75)45(86-48-42(73)38(69)34(65)26(18-60)81-48)37(68)29(84-50)22-80-51-46(40(71)36(67)28(20-62)83-51)87-49-43(74)39(70)35(66)27(19-61)82-49/h7,24-51,60-75H,8-22H2,1-6H3,(H,76,77)/t24-,25+,26+,27+,28+,29+,30?,31?,32-,33-,34+,35-,36+,37+,38-,39-,40-,41+,42+,43+,44+,45-,46+,47-,48-,49-,50-,51+,55+,56+,57+,58-,59-/m0/s1. The van der Waals surface area contributed by atoms with Gasteiger partial charge in [0, 0.05) is 0 Å². The Morgan fingerprint density at radius 2 is 1.08 bits per heavy atom. The molecule has 10 aliphatic rings. The van der Waals surface area contributed by atoms with Crippen LogP contribution in [0, 0.1) is 50.2 Å². The van der Waals surface area contributed by atoms with E-state index in [1.807, 2.05) is 0 Å². The number of carbonyl (C=O) groups is 2. The number of aliphatic hydroxyl groups is 16. The van der Waals surface area contributed by atoms with Gasteiger partial charge in [0.05, 0.1) is 50.0 Å². The average molecular weight is 1270 g/mol. The SMILES string of the molecule is CC1(C)CC[C@]2(C(=O)O[C@@H]3O[C@H](CO[C@@H]4O[C@H](CO)[C@@H](O)[C@H](O)[C@H]4O[C@@H]4O[C@H](CO)[C@H](O)[C@H](O)[C@H]4O)[C@@H](O)[C@H](O[C@@H]4O[C@H](CO)[C@@H](O)[C@H](O)[C@H]4O)[C@H]3O)CC[C@]3(C)C(=CCC4[C@@]5(C)CC[C@H](O[C@@H]6OC[C@@H](O)[C@H](O)[C@H]6O)[C@@](C)(C(=O)O)C5CC[C@]43C)[C@@H]2C1. The Balaban J connectivity index is 0.931. The molecule has 0 aromatic carbocycles. The molecule has 33 atom stereocenters. The van der Waals surface area contributed by atoms with Gasteiger partial charge in [0.15, 0.2) is 25.2 Å². The lowest BCUT2D eigenvalue weighted by Crippen LogP contribution is -2.67. The lowest BCUT2D eigenvalue weighted by Gasteiger charge is -2.71. The third-order valence-electron chi connectivity index (χ3n) is 23.3. The normalized spacial score (nSPS) is 53.7. The first kappa shape index (κ1) is 68.5. The molecule has 0 amide bonds. The van der Waals surface area contributed by atoms with E-state index < -0.39 is 231 Å². The van der Waals surface area contributed by atoms with Gasteiger partial charge in [-0.25, -0.2) is 0 Å². The number of aliphatic hydroxyl groups excluding tert-OH is 16. The molecule has 0 aromatic heterocycles. The van der Waals surface area contributed by atoms with E-state index in [1.54, 1.807) is 6.92 Å². The van der Waals surface area contributed by atoms with Crippen LogP contribution in [0.15, 0.2) is 11.6 Å². The summed E-state index contributed by atoms with van der Waals surface area (Å²) in [5.41, 5.74) is -3.46. The van der Waals surface area contributed by atoms with E-state index in [0.29, 0.717) is 64.2 Å². The Hall–Kier alpha value is -2.32. The van der Waals surface area contributed by atoms with E-state index in [-0.39, 0.29) is 17.9 Å². The smallest absolute Gasteiger partial charge is 0.315 e. The first-order valence-electron chi connectivity index (χ1n) is 30.9. The minimum atomic E-state index is -2.11. The van der Waals surface area contributed by atoms with Crippen molar-refractivity contribution in [3.8, 4) is 0 Å². The molecule has 0 spiro atoms. The lowest BCUT2D eigenvalue weighted by molar-refractivity contribution is -0.377. The van der Waals surface area contributed by atoms with Gasteiger partial charge in [-0.05, 0) is 111 Å². The first-order chi connectivity index (χ1) is 41.3. The molecule has 2 unspecified atom stereocenters. The molecule has 5 aliphatic carbocycles. The van der Waals surface area contributed by atoms with E-state index in [9.17, 15) is 91.6 Å². The number of carbonyl (C=O) groups excluding carboxylic acids is 1. The van der Waals surface area contributed by atoms with Crippen LogP contribution in [0.5, 0.6) is 0 Å². The van der Waals surface area contributed by atoms with Gasteiger partial charge in [-0.15, -0.1) is 0 Å². The largest absolute Gasteiger partial charge is 0.481 e. The number of esters is 1. The van der Waals surface area contributed by atoms with Crippen molar-refractivity contribution in [3.05, 3.63) is 11.6 Å². The number of carboxylic acids is 1. The average Bonchev–Trinajstić information content (AvgIpc) is 0.694. The fraction of sp³-hybridized carbons (Fsp3) is 0.932. The number of aliphatic carboxylic acids is 1. The molecule has 17 N–H and O–H groups in total. The number of rotatable bonds is 15. The van der Waals surface area contributed by atoms with Crippen LogP contribution in [0.4, 0.5) is 0 Å². The van der Waals surface area contributed by atoms with Crippen molar-refractivity contribution in [1.29, 1.82) is 0 Å². The number of allylic oxidation sites excluding steroid dienone is 2. The van der Waals surface area contributed by atoms with Gasteiger partial charge in [-0.2, -0.15) is 0 Å². The highest BCUT2D eigenvalue weighted by molar-refractivity contribution is 5.79. The number of carboxylic acid groups (broad SMARTS) is 1. The number of fused-ring (bicyclic) bond motifs is 7. The van der Waals surface area contributed by atoms with Crippen LogP contribution in [-0.2, 0) is 57.0 Å². The van der Waals surface area contributed by atoms with Gasteiger partial charge >= 0.3 is 11.9 Å². The zero-order valence-electron chi connectivity index (χ0n) is 50.4. The Kier molecular flexibility index (Phi) is 19.8. The lowest BCUT2D eigenvalue weighted by atomic mass is 9.33. The summed E-state index contributed by atoms with van der Waals surface area (Å²) in [6.07, 6.45) is -37.3. The van der Waals surface area contributed by atoms with Crippen LogP contribution in [-0.4, -0.2) is 285 Å². The maximum absolute atomic E-state index is 15.7. The summed E-state index contributed by atoms with van der Waals surface area (Å²) < 4.78 is 59.3. The van der Waals surface area contributed by atoms with Crippen LogP contribution < -0.4 is 0 Å². The molecular formula is C59H94O29. The van der Waals surface area contributed by atoms with Crippen molar-refractivity contribution >= 4 is 11.9 Å². The van der Waals surface area contributed by atoms with E-state index >= 15 is 4.79 Å². The van der Waals surface area contributed by atoms with Crippen molar-refractivity contribution in [3.63, 3.8) is 0 Å². The maximum Gasteiger partial charge on any atom is 0.315 e. The third kappa shape index (κ3) is 11.3. The second-order valence-corrected chi connectivity index (χ2v) is 28.4. The molecule has 0 aromatic rings. The molecule has 504 valence electrons. The third-order valence-corrected chi connectivity index (χ3v) is 23.3. The zero-order valence-corrected chi connectivity index (χ0v) is 50.4. The summed E-state index contributed by atoms with van der Waals surface area (Å²) in [6, 6.07) is 0. The molecule has 29 heteroatoms. The minimum absolute atomic E-state index is 0.0508. The molecule has 9 fully saturated rings. The van der Waals surface area contributed by atoms with Gasteiger partial charge in [0.1, 0.15) is 116 Å². The molecule has 5 heterocycles.